The highest BCUT2D eigenvalue weighted by atomic mass is 19.4. The van der Waals surface area contributed by atoms with Gasteiger partial charge in [-0.2, -0.15) is 13.2 Å². The predicted molar refractivity (Wildman–Crippen MR) is 107 cm³/mol. The molecule has 0 spiro atoms. The molecule has 162 valence electrons. The van der Waals surface area contributed by atoms with Gasteiger partial charge in [-0.3, -0.25) is 9.59 Å². The van der Waals surface area contributed by atoms with Crippen molar-refractivity contribution in [2.24, 2.45) is 0 Å². The van der Waals surface area contributed by atoms with Gasteiger partial charge in [0.2, 0.25) is 0 Å². The molecule has 0 unspecified atom stereocenters. The maximum absolute atomic E-state index is 13.7. The number of halogens is 3. The summed E-state index contributed by atoms with van der Waals surface area (Å²) in [6.45, 7) is 0.0217. The molecule has 31 heavy (non-hydrogen) atoms. The molecule has 10 heteroatoms. The van der Waals surface area contributed by atoms with Crippen LogP contribution in [0, 0.1) is 0 Å². The molecule has 0 atom stereocenters. The van der Waals surface area contributed by atoms with Gasteiger partial charge in [-0.1, -0.05) is 12.1 Å². The first-order chi connectivity index (χ1) is 14.6. The van der Waals surface area contributed by atoms with Crippen molar-refractivity contribution in [3.8, 4) is 11.5 Å². The molecular weight excluding hydrogens is 415 g/mol. The third kappa shape index (κ3) is 5.41. The highest BCUT2D eigenvalue weighted by Gasteiger charge is 2.35. The van der Waals surface area contributed by atoms with E-state index in [0.717, 1.165) is 6.07 Å². The quantitative estimate of drug-likeness (QED) is 0.481. The molecule has 0 radical (unpaired) electrons. The number of nitrogens with one attached hydrogen (secondary N) is 1. The number of rotatable bonds is 7. The molecular formula is C21H18F3N3O4. The Morgan fingerprint density at radius 2 is 1.87 bits per heavy atom. The van der Waals surface area contributed by atoms with Crippen LogP contribution in [-0.2, 0) is 11.0 Å². The number of hydrogen-bond acceptors (Lipinski definition) is 5. The van der Waals surface area contributed by atoms with Crippen molar-refractivity contribution in [2.75, 3.05) is 12.3 Å². The second kappa shape index (κ2) is 8.90. The second-order valence-corrected chi connectivity index (χ2v) is 6.63. The molecule has 2 aromatic carbocycles. The molecule has 0 aliphatic carbocycles. The Hall–Kier alpha value is -3.82. The minimum atomic E-state index is -4.79. The van der Waals surface area contributed by atoms with Gasteiger partial charge in [-0.25, -0.2) is 4.98 Å². The van der Waals surface area contributed by atoms with Crippen molar-refractivity contribution in [2.45, 2.75) is 19.0 Å². The molecule has 0 bridgehead atoms. The number of nitrogens with two attached hydrogens (primary N) is 1. The largest absolute Gasteiger partial charge is 0.481 e. The number of aliphatic carboxylic acids is 1. The van der Waals surface area contributed by atoms with Crippen LogP contribution in [0.2, 0.25) is 0 Å². The van der Waals surface area contributed by atoms with Crippen molar-refractivity contribution in [3.05, 3.63) is 59.7 Å². The lowest BCUT2D eigenvalue weighted by molar-refractivity contribution is -0.139. The summed E-state index contributed by atoms with van der Waals surface area (Å²) in [6, 6.07) is 11.0. The van der Waals surface area contributed by atoms with Gasteiger partial charge in [-0.05, 0) is 42.8 Å². The van der Waals surface area contributed by atoms with Gasteiger partial charge >= 0.3 is 12.1 Å². The van der Waals surface area contributed by atoms with Gasteiger partial charge in [0.15, 0.2) is 5.75 Å². The third-order valence-corrected chi connectivity index (χ3v) is 4.32. The van der Waals surface area contributed by atoms with Crippen LogP contribution in [0.25, 0.3) is 10.9 Å². The van der Waals surface area contributed by atoms with E-state index < -0.39 is 29.4 Å². The number of benzene rings is 2. The van der Waals surface area contributed by atoms with Crippen LogP contribution in [0.4, 0.5) is 19.0 Å². The molecule has 0 saturated carbocycles. The van der Waals surface area contributed by atoms with Crippen molar-refractivity contribution in [1.82, 2.24) is 10.3 Å². The van der Waals surface area contributed by atoms with E-state index in [1.807, 2.05) is 0 Å². The van der Waals surface area contributed by atoms with E-state index in [1.54, 1.807) is 24.3 Å². The molecule has 1 aromatic heterocycles. The summed E-state index contributed by atoms with van der Waals surface area (Å²) in [4.78, 5) is 26.8. The normalized spacial score (nSPS) is 11.3. The Balaban J connectivity index is 1.89. The number of carbonyl (C=O) groups excluding carboxylic acids is 1. The van der Waals surface area contributed by atoms with Gasteiger partial charge in [0, 0.05) is 23.9 Å². The summed E-state index contributed by atoms with van der Waals surface area (Å²) < 4.78 is 46.5. The summed E-state index contributed by atoms with van der Waals surface area (Å²) in [5.74, 6) is -2.00. The number of carboxylic acid groups (broad SMARTS) is 1. The number of hydrogen-bond donors (Lipinski definition) is 3. The molecule has 3 aromatic rings. The van der Waals surface area contributed by atoms with Gasteiger partial charge in [-0.15, -0.1) is 0 Å². The number of carboxylic acids is 1. The molecule has 0 fully saturated rings. The standard InChI is InChI=1S/C21H18F3N3O4/c22-21(23,24)14-11-13(20(30)26-10-2-5-18(28)29)6-8-15(14)31-16-4-1-3-12-7-9-17(25)27-19(12)16/h1,3-4,6-9,11H,2,5,10H2,(H2,25,27)(H,26,30)(H,28,29). The number of nitrogens with zero attached hydrogens (tertiary/aromatic N) is 1. The monoisotopic (exact) mass is 433 g/mol. The first kappa shape index (κ1) is 21.9. The van der Waals surface area contributed by atoms with Crippen molar-refractivity contribution in [1.29, 1.82) is 0 Å². The topological polar surface area (TPSA) is 115 Å². The van der Waals surface area contributed by atoms with Crippen LogP contribution in [-0.4, -0.2) is 28.5 Å². The number of nitrogen functional groups attached to an aromatic ring is 1. The summed E-state index contributed by atoms with van der Waals surface area (Å²) in [5.41, 5.74) is 4.62. The first-order valence-electron chi connectivity index (χ1n) is 9.19. The summed E-state index contributed by atoms with van der Waals surface area (Å²) in [7, 11) is 0. The number of anilines is 1. The average molecular weight is 433 g/mol. The Morgan fingerprint density at radius 3 is 2.58 bits per heavy atom. The fourth-order valence-electron chi connectivity index (χ4n) is 2.86. The van der Waals surface area contributed by atoms with E-state index >= 15 is 0 Å². The van der Waals surface area contributed by atoms with Crippen LogP contribution in [0.1, 0.15) is 28.8 Å². The molecule has 3 rings (SSSR count). The first-order valence-corrected chi connectivity index (χ1v) is 9.19. The van der Waals surface area contributed by atoms with Crippen LogP contribution in [0.5, 0.6) is 11.5 Å². The SMILES string of the molecule is Nc1ccc2cccc(Oc3ccc(C(=O)NCCCC(=O)O)cc3C(F)(F)F)c2n1. The molecule has 7 nitrogen and oxygen atoms in total. The number of para-hydroxylation sites is 1. The Labute approximate surface area is 174 Å². The van der Waals surface area contributed by atoms with Gasteiger partial charge < -0.3 is 20.9 Å². The zero-order valence-electron chi connectivity index (χ0n) is 16.1. The fraction of sp³-hybridized carbons (Fsp3) is 0.190. The number of fused-ring (bicyclic) bond motifs is 1. The van der Waals surface area contributed by atoms with E-state index in [2.05, 4.69) is 10.3 Å². The Morgan fingerprint density at radius 1 is 1.10 bits per heavy atom. The summed E-state index contributed by atoms with van der Waals surface area (Å²) >= 11 is 0. The Kier molecular flexibility index (Phi) is 6.28. The number of amides is 1. The molecule has 0 saturated heterocycles. The summed E-state index contributed by atoms with van der Waals surface area (Å²) in [6.07, 6.45) is -4.79. The van der Waals surface area contributed by atoms with Crippen molar-refractivity contribution in [3.63, 3.8) is 0 Å². The van der Waals surface area contributed by atoms with E-state index in [1.165, 1.54) is 12.1 Å². The van der Waals surface area contributed by atoms with Gasteiger partial charge in [0.1, 0.15) is 17.1 Å². The predicted octanol–water partition coefficient (Wildman–Crippen LogP) is 4.22. The molecule has 0 aliphatic rings. The lowest BCUT2D eigenvalue weighted by Gasteiger charge is -2.16. The zero-order valence-corrected chi connectivity index (χ0v) is 16.1. The number of aromatic nitrogens is 1. The van der Waals surface area contributed by atoms with E-state index in [9.17, 15) is 22.8 Å². The minimum Gasteiger partial charge on any atom is -0.481 e. The van der Waals surface area contributed by atoms with Gasteiger partial charge in [0.05, 0.1) is 5.56 Å². The smallest absolute Gasteiger partial charge is 0.420 e. The Bertz CT molecular complexity index is 1130. The number of carbonyl (C=O) groups is 2. The minimum absolute atomic E-state index is 0.0217. The molecule has 0 aliphatic heterocycles. The number of alkyl halides is 3. The second-order valence-electron chi connectivity index (χ2n) is 6.63. The van der Waals surface area contributed by atoms with Gasteiger partial charge in [0.25, 0.3) is 5.91 Å². The van der Waals surface area contributed by atoms with E-state index in [-0.39, 0.29) is 36.5 Å². The summed E-state index contributed by atoms with van der Waals surface area (Å²) in [5, 5.41) is 11.6. The van der Waals surface area contributed by atoms with Crippen LogP contribution < -0.4 is 15.8 Å². The maximum atomic E-state index is 13.7. The fourth-order valence-corrected chi connectivity index (χ4v) is 2.86. The highest BCUT2D eigenvalue weighted by molar-refractivity contribution is 5.94. The highest BCUT2D eigenvalue weighted by Crippen LogP contribution is 2.40. The van der Waals surface area contributed by atoms with Crippen molar-refractivity contribution >= 4 is 28.6 Å². The molecule has 4 N–H and O–H groups in total. The van der Waals surface area contributed by atoms with Crippen LogP contribution in [0.3, 0.4) is 0 Å². The lowest BCUT2D eigenvalue weighted by atomic mass is 10.1. The lowest BCUT2D eigenvalue weighted by Crippen LogP contribution is -2.25. The van der Waals surface area contributed by atoms with Crippen LogP contribution >= 0.6 is 0 Å². The van der Waals surface area contributed by atoms with Crippen LogP contribution in [0.15, 0.2) is 48.5 Å². The molecule has 1 amide bonds. The molecule has 1 heterocycles. The average Bonchev–Trinajstić information content (AvgIpc) is 2.71. The number of ether oxygens (including phenoxy) is 1. The third-order valence-electron chi connectivity index (χ3n) is 4.32. The maximum Gasteiger partial charge on any atom is 0.420 e. The van der Waals surface area contributed by atoms with E-state index in [0.29, 0.717) is 17.0 Å². The zero-order chi connectivity index (χ0) is 22.6. The number of pyridine rings is 1. The van der Waals surface area contributed by atoms with Crippen molar-refractivity contribution < 1.29 is 32.6 Å². The van der Waals surface area contributed by atoms with E-state index in [4.69, 9.17) is 15.6 Å².